The second-order valence-electron chi connectivity index (χ2n) is 16.3. The molecule has 0 aliphatic carbocycles. The first kappa shape index (κ1) is 53.3. The Morgan fingerprint density at radius 3 is 1.13 bits per heavy atom. The number of hydrogen-bond donors (Lipinski definition) is 4. The number of allylic oxidation sites excluding steroid dienone is 7. The highest BCUT2D eigenvalue weighted by Gasteiger charge is 2.22. The van der Waals surface area contributed by atoms with Gasteiger partial charge >= 0.3 is 0 Å². The molecule has 0 radical (unpaired) electrons. The van der Waals surface area contributed by atoms with Gasteiger partial charge in [-0.1, -0.05) is 217 Å². The summed E-state index contributed by atoms with van der Waals surface area (Å²) in [7, 11) is 0. The molecule has 4 N–H and O–H groups in total. The fourth-order valence-electron chi connectivity index (χ4n) is 7.09. The van der Waals surface area contributed by atoms with Gasteiger partial charge in [0.05, 0.1) is 18.8 Å². The van der Waals surface area contributed by atoms with Crippen LogP contribution in [0.2, 0.25) is 0 Å². The molecular formula is C50H93NO4. The number of carbonyl (C=O) groups excluding carboxylic acids is 1. The van der Waals surface area contributed by atoms with E-state index in [1.165, 1.54) is 173 Å². The standard InChI is InChI=1S/C50H93NO4/c1-3-5-7-9-11-13-15-17-19-20-21-22-23-24-25-26-27-28-29-30-31-33-35-37-39-41-43-45-49(54)50(55)51-47(46-52)48(53)44-42-40-38-36-34-32-18-16-14-12-10-8-6-4-2/h14,16,24-25,34,36,42,44,47-49,52-54H,3-13,15,17-23,26-33,35,37-41,43,45-46H2,1-2H3,(H,51,55)/b16-14+,25-24-,36-34+,44-42+. The van der Waals surface area contributed by atoms with Crippen molar-refractivity contribution in [2.75, 3.05) is 6.61 Å². The Bertz CT molecular complexity index is 896. The Labute approximate surface area is 342 Å². The van der Waals surface area contributed by atoms with Crippen molar-refractivity contribution in [2.45, 2.75) is 257 Å². The molecule has 0 aromatic heterocycles. The molecule has 1 amide bonds. The smallest absolute Gasteiger partial charge is 0.249 e. The second-order valence-corrected chi connectivity index (χ2v) is 16.3. The maximum atomic E-state index is 12.5. The molecule has 3 atom stereocenters. The molecule has 0 saturated carbocycles. The van der Waals surface area contributed by atoms with E-state index in [-0.39, 0.29) is 6.61 Å². The van der Waals surface area contributed by atoms with Crippen LogP contribution in [0.1, 0.15) is 239 Å². The third kappa shape index (κ3) is 40.3. The first-order valence-corrected chi connectivity index (χ1v) is 24.0. The number of nitrogens with one attached hydrogen (secondary N) is 1. The molecule has 0 aliphatic heterocycles. The predicted octanol–water partition coefficient (Wildman–Crippen LogP) is 14.1. The van der Waals surface area contributed by atoms with Crippen molar-refractivity contribution in [3.8, 4) is 0 Å². The molecular weight excluding hydrogens is 679 g/mol. The van der Waals surface area contributed by atoms with Gasteiger partial charge in [0.2, 0.25) is 5.91 Å². The molecule has 5 nitrogen and oxygen atoms in total. The molecule has 5 heteroatoms. The van der Waals surface area contributed by atoms with Crippen LogP contribution in [-0.4, -0.2) is 46.1 Å². The number of aliphatic hydroxyl groups is 3. The second kappa shape index (κ2) is 45.0. The highest BCUT2D eigenvalue weighted by atomic mass is 16.3. The summed E-state index contributed by atoms with van der Waals surface area (Å²) in [4.78, 5) is 12.5. The SMILES string of the molecule is CCCCCC/C=C/CC/C=C/CC/C=C/C(O)C(CO)NC(=O)C(O)CCCCCCCCCCCCC/C=C\CCCCCCCCCCCCCC. The van der Waals surface area contributed by atoms with Crippen LogP contribution >= 0.6 is 0 Å². The van der Waals surface area contributed by atoms with E-state index in [0.717, 1.165) is 44.9 Å². The first-order chi connectivity index (χ1) is 27.1. The molecule has 0 aromatic rings. The van der Waals surface area contributed by atoms with Crippen molar-refractivity contribution >= 4 is 5.91 Å². The van der Waals surface area contributed by atoms with Crippen LogP contribution in [0.4, 0.5) is 0 Å². The lowest BCUT2D eigenvalue weighted by Crippen LogP contribution is -2.48. The summed E-state index contributed by atoms with van der Waals surface area (Å²) in [6, 6.07) is -0.821. The Hall–Kier alpha value is -1.69. The number of amides is 1. The van der Waals surface area contributed by atoms with E-state index in [1.807, 2.05) is 6.08 Å². The minimum absolute atomic E-state index is 0.382. The van der Waals surface area contributed by atoms with Gasteiger partial charge in [-0.15, -0.1) is 0 Å². The van der Waals surface area contributed by atoms with Crippen molar-refractivity contribution in [1.29, 1.82) is 0 Å². The summed E-state index contributed by atoms with van der Waals surface area (Å²) in [5.74, 6) is -0.518. The van der Waals surface area contributed by atoms with Crippen LogP contribution in [0.5, 0.6) is 0 Å². The Balaban J connectivity index is 3.63. The zero-order valence-corrected chi connectivity index (χ0v) is 36.6. The van der Waals surface area contributed by atoms with E-state index in [1.54, 1.807) is 6.08 Å². The fourth-order valence-corrected chi connectivity index (χ4v) is 7.09. The molecule has 0 rings (SSSR count). The summed E-state index contributed by atoms with van der Waals surface area (Å²) in [6.45, 7) is 4.15. The zero-order chi connectivity index (χ0) is 40.1. The number of aliphatic hydroxyl groups excluding tert-OH is 3. The number of rotatable bonds is 43. The van der Waals surface area contributed by atoms with Gasteiger partial charge in [0.1, 0.15) is 6.10 Å². The van der Waals surface area contributed by atoms with E-state index in [9.17, 15) is 20.1 Å². The number of carbonyl (C=O) groups is 1. The Morgan fingerprint density at radius 1 is 0.436 bits per heavy atom. The predicted molar refractivity (Wildman–Crippen MR) is 241 cm³/mol. The van der Waals surface area contributed by atoms with E-state index < -0.39 is 24.2 Å². The Kier molecular flexibility index (Phi) is 43.6. The molecule has 0 aliphatic rings. The molecule has 55 heavy (non-hydrogen) atoms. The van der Waals surface area contributed by atoms with E-state index >= 15 is 0 Å². The van der Waals surface area contributed by atoms with Crippen molar-refractivity contribution in [1.82, 2.24) is 5.32 Å². The lowest BCUT2D eigenvalue weighted by molar-refractivity contribution is -0.131. The van der Waals surface area contributed by atoms with Crippen molar-refractivity contribution < 1.29 is 20.1 Å². The minimum atomic E-state index is -1.11. The van der Waals surface area contributed by atoms with Crippen molar-refractivity contribution in [3.05, 3.63) is 48.6 Å². The maximum Gasteiger partial charge on any atom is 0.249 e. The third-order valence-electron chi connectivity index (χ3n) is 10.9. The van der Waals surface area contributed by atoms with E-state index in [0.29, 0.717) is 6.42 Å². The fraction of sp³-hybridized carbons (Fsp3) is 0.820. The third-order valence-corrected chi connectivity index (χ3v) is 10.9. The first-order valence-electron chi connectivity index (χ1n) is 24.0. The summed E-state index contributed by atoms with van der Waals surface area (Å²) in [6.07, 6.45) is 58.8. The van der Waals surface area contributed by atoms with Crippen LogP contribution in [0.25, 0.3) is 0 Å². The van der Waals surface area contributed by atoms with Gasteiger partial charge in [0.25, 0.3) is 0 Å². The van der Waals surface area contributed by atoms with Gasteiger partial charge in [-0.05, 0) is 70.6 Å². The van der Waals surface area contributed by atoms with Gasteiger partial charge in [-0.3, -0.25) is 4.79 Å². The molecule has 0 aromatic carbocycles. The Morgan fingerprint density at radius 2 is 0.745 bits per heavy atom. The van der Waals surface area contributed by atoms with Crippen LogP contribution in [0.3, 0.4) is 0 Å². The summed E-state index contributed by atoms with van der Waals surface area (Å²) >= 11 is 0. The maximum absolute atomic E-state index is 12.5. The average Bonchev–Trinajstić information content (AvgIpc) is 3.19. The highest BCUT2D eigenvalue weighted by molar-refractivity contribution is 5.80. The molecule has 0 saturated heterocycles. The quantitative estimate of drug-likeness (QED) is 0.0367. The molecule has 0 spiro atoms. The van der Waals surface area contributed by atoms with Crippen LogP contribution in [0.15, 0.2) is 48.6 Å². The topological polar surface area (TPSA) is 89.8 Å². The van der Waals surface area contributed by atoms with Gasteiger partial charge < -0.3 is 20.6 Å². The van der Waals surface area contributed by atoms with Crippen LogP contribution in [0, 0.1) is 0 Å². The largest absolute Gasteiger partial charge is 0.394 e. The summed E-state index contributed by atoms with van der Waals surface area (Å²) < 4.78 is 0. The molecule has 0 fully saturated rings. The van der Waals surface area contributed by atoms with Gasteiger partial charge in [0.15, 0.2) is 0 Å². The van der Waals surface area contributed by atoms with Gasteiger partial charge in [0, 0.05) is 0 Å². The number of unbranched alkanes of at least 4 members (excludes halogenated alkanes) is 29. The highest BCUT2D eigenvalue weighted by Crippen LogP contribution is 2.15. The lowest BCUT2D eigenvalue weighted by atomic mass is 10.0. The van der Waals surface area contributed by atoms with Gasteiger partial charge in [-0.2, -0.15) is 0 Å². The van der Waals surface area contributed by atoms with Crippen LogP contribution in [-0.2, 0) is 4.79 Å². The minimum Gasteiger partial charge on any atom is -0.394 e. The monoisotopic (exact) mass is 772 g/mol. The molecule has 0 bridgehead atoms. The van der Waals surface area contributed by atoms with Crippen molar-refractivity contribution in [2.24, 2.45) is 0 Å². The molecule has 3 unspecified atom stereocenters. The van der Waals surface area contributed by atoms with Crippen LogP contribution < -0.4 is 5.32 Å². The van der Waals surface area contributed by atoms with E-state index in [4.69, 9.17) is 0 Å². The summed E-state index contributed by atoms with van der Waals surface area (Å²) in [5, 5.41) is 33.1. The normalized spacial score (nSPS) is 13.9. The number of hydrogen-bond acceptors (Lipinski definition) is 4. The van der Waals surface area contributed by atoms with Gasteiger partial charge in [-0.25, -0.2) is 0 Å². The average molecular weight is 772 g/mol. The summed E-state index contributed by atoms with van der Waals surface area (Å²) in [5.41, 5.74) is 0. The van der Waals surface area contributed by atoms with E-state index in [2.05, 4.69) is 55.6 Å². The molecule has 0 heterocycles. The molecule has 322 valence electrons. The zero-order valence-electron chi connectivity index (χ0n) is 36.6. The lowest BCUT2D eigenvalue weighted by Gasteiger charge is -2.21. The van der Waals surface area contributed by atoms with Crippen molar-refractivity contribution in [3.63, 3.8) is 0 Å².